The highest BCUT2D eigenvalue weighted by Crippen LogP contribution is 2.21. The van der Waals surface area contributed by atoms with Gasteiger partial charge in [-0.15, -0.1) is 0 Å². The third-order valence-electron chi connectivity index (χ3n) is 2.29. The predicted octanol–water partition coefficient (Wildman–Crippen LogP) is -0.595. The van der Waals surface area contributed by atoms with Gasteiger partial charge in [-0.1, -0.05) is 0 Å². The Morgan fingerprint density at radius 1 is 1.33 bits per heavy atom. The molecule has 0 aromatic heterocycles. The van der Waals surface area contributed by atoms with Gasteiger partial charge in [0.1, 0.15) is 6.10 Å². The molecule has 0 aliphatic carbocycles. The molecule has 0 bridgehead atoms. The lowest BCUT2D eigenvalue weighted by atomic mass is 9.99. The van der Waals surface area contributed by atoms with E-state index >= 15 is 0 Å². The summed E-state index contributed by atoms with van der Waals surface area (Å²) in [5.41, 5.74) is 0. The first kappa shape index (κ1) is 9.92. The predicted molar refractivity (Wildman–Crippen MR) is 44.7 cm³/mol. The first-order valence-electron chi connectivity index (χ1n) is 4.20. The Morgan fingerprint density at radius 2 is 1.92 bits per heavy atom. The van der Waals surface area contributed by atoms with Crippen LogP contribution in [0.3, 0.4) is 0 Å². The number of aliphatic hydroxyl groups excluding tert-OH is 2. The molecule has 1 heterocycles. The zero-order valence-electron chi connectivity index (χ0n) is 7.77. The van der Waals surface area contributed by atoms with Crippen LogP contribution >= 0.6 is 0 Å². The third-order valence-corrected chi connectivity index (χ3v) is 2.29. The average Bonchev–Trinajstić information content (AvgIpc) is 1.96. The summed E-state index contributed by atoms with van der Waals surface area (Å²) in [7, 11) is 3.78. The summed E-state index contributed by atoms with van der Waals surface area (Å²) in [5.74, 6) is 0. The first-order chi connectivity index (χ1) is 5.52. The van der Waals surface area contributed by atoms with Crippen molar-refractivity contribution >= 4 is 0 Å². The smallest absolute Gasteiger partial charge is 0.182 e. The van der Waals surface area contributed by atoms with E-state index in [2.05, 4.69) is 0 Å². The molecule has 1 rings (SSSR count). The first-order valence-corrected chi connectivity index (χ1v) is 4.20. The molecule has 1 fully saturated rings. The summed E-state index contributed by atoms with van der Waals surface area (Å²) >= 11 is 0. The van der Waals surface area contributed by atoms with Crippen LogP contribution in [0.25, 0.3) is 0 Å². The number of hydrogen-bond acceptors (Lipinski definition) is 4. The number of hydrogen-bond donors (Lipinski definition) is 2. The summed E-state index contributed by atoms with van der Waals surface area (Å²) in [4.78, 5) is 1.91. The van der Waals surface area contributed by atoms with Crippen molar-refractivity contribution in [3.05, 3.63) is 0 Å². The fraction of sp³-hybridized carbons (Fsp3) is 1.00. The molecule has 0 amide bonds. The van der Waals surface area contributed by atoms with Gasteiger partial charge in [-0.2, -0.15) is 0 Å². The van der Waals surface area contributed by atoms with Gasteiger partial charge in [0, 0.05) is 6.04 Å². The molecule has 0 aromatic rings. The van der Waals surface area contributed by atoms with Gasteiger partial charge in [-0.05, 0) is 27.4 Å². The van der Waals surface area contributed by atoms with Crippen LogP contribution in [0.15, 0.2) is 0 Å². The van der Waals surface area contributed by atoms with Gasteiger partial charge in [-0.3, -0.25) is 0 Å². The van der Waals surface area contributed by atoms with Crippen LogP contribution in [0.2, 0.25) is 0 Å². The molecule has 12 heavy (non-hydrogen) atoms. The van der Waals surface area contributed by atoms with Crippen LogP contribution < -0.4 is 0 Å². The summed E-state index contributed by atoms with van der Waals surface area (Å²) in [6, 6.07) is -0.0104. The van der Waals surface area contributed by atoms with E-state index in [0.29, 0.717) is 0 Å². The van der Waals surface area contributed by atoms with Gasteiger partial charge in [0.05, 0.1) is 6.10 Å². The van der Waals surface area contributed by atoms with E-state index in [4.69, 9.17) is 4.74 Å². The van der Waals surface area contributed by atoms with Crippen molar-refractivity contribution in [2.75, 3.05) is 14.1 Å². The molecule has 4 heteroatoms. The topological polar surface area (TPSA) is 52.9 Å². The normalized spacial score (nSPS) is 43.5. The molecule has 72 valence electrons. The Labute approximate surface area is 72.7 Å². The number of likely N-dealkylation sites (N-methyl/N-ethyl adjacent to an activating group) is 1. The van der Waals surface area contributed by atoms with Gasteiger partial charge < -0.3 is 19.8 Å². The summed E-state index contributed by atoms with van der Waals surface area (Å²) in [6.45, 7) is 1.89. The quantitative estimate of drug-likeness (QED) is 0.559. The highest BCUT2D eigenvalue weighted by molar-refractivity contribution is 4.84. The van der Waals surface area contributed by atoms with E-state index in [9.17, 15) is 10.2 Å². The van der Waals surface area contributed by atoms with Crippen molar-refractivity contribution in [1.29, 1.82) is 0 Å². The number of ether oxygens (including phenoxy) is 1. The second-order valence-electron chi connectivity index (χ2n) is 3.59. The molecule has 1 saturated heterocycles. The van der Waals surface area contributed by atoms with E-state index in [0.717, 1.165) is 6.42 Å². The van der Waals surface area contributed by atoms with Crippen molar-refractivity contribution < 1.29 is 14.9 Å². The zero-order chi connectivity index (χ0) is 9.30. The van der Waals surface area contributed by atoms with E-state index in [1.54, 1.807) is 0 Å². The Hall–Kier alpha value is -0.160. The lowest BCUT2D eigenvalue weighted by molar-refractivity contribution is -0.230. The standard InChI is InChI=1S/C8H17NO3/c1-5-4-6(9(2)3)7(10)8(11)12-5/h5-8,10-11H,4H2,1-3H3/t5-,6+,7-,8-/m0/s1. The van der Waals surface area contributed by atoms with Crippen LogP contribution in [0.5, 0.6) is 0 Å². The van der Waals surface area contributed by atoms with Crippen molar-refractivity contribution in [3.63, 3.8) is 0 Å². The third kappa shape index (κ3) is 1.95. The minimum absolute atomic E-state index is 0.01000. The lowest BCUT2D eigenvalue weighted by Gasteiger charge is -2.38. The van der Waals surface area contributed by atoms with E-state index in [1.165, 1.54) is 0 Å². The molecule has 0 radical (unpaired) electrons. The van der Waals surface area contributed by atoms with E-state index < -0.39 is 12.4 Å². The van der Waals surface area contributed by atoms with Gasteiger partial charge in [0.25, 0.3) is 0 Å². The SMILES string of the molecule is C[C@H]1C[C@@H](N(C)C)[C@H](O)[C@@H](O)O1. The van der Waals surface area contributed by atoms with Crippen molar-refractivity contribution in [3.8, 4) is 0 Å². The maximum Gasteiger partial charge on any atom is 0.182 e. The van der Waals surface area contributed by atoms with E-state index in [1.807, 2.05) is 25.9 Å². The molecule has 4 nitrogen and oxygen atoms in total. The van der Waals surface area contributed by atoms with Crippen LogP contribution in [-0.2, 0) is 4.74 Å². The van der Waals surface area contributed by atoms with Crippen molar-refractivity contribution in [1.82, 2.24) is 4.90 Å². The minimum atomic E-state index is -1.04. The summed E-state index contributed by atoms with van der Waals surface area (Å²) < 4.78 is 5.06. The van der Waals surface area contributed by atoms with Gasteiger partial charge >= 0.3 is 0 Å². The minimum Gasteiger partial charge on any atom is -0.386 e. The molecule has 0 saturated carbocycles. The molecular formula is C8H17NO3. The monoisotopic (exact) mass is 175 g/mol. The zero-order valence-corrected chi connectivity index (χ0v) is 7.77. The molecule has 1 aliphatic rings. The second-order valence-corrected chi connectivity index (χ2v) is 3.59. The molecule has 0 spiro atoms. The lowest BCUT2D eigenvalue weighted by Crippen LogP contribution is -2.53. The van der Waals surface area contributed by atoms with E-state index in [-0.39, 0.29) is 12.1 Å². The molecule has 4 atom stereocenters. The average molecular weight is 175 g/mol. The number of aliphatic hydroxyl groups is 2. The fourth-order valence-electron chi connectivity index (χ4n) is 1.56. The van der Waals surface area contributed by atoms with Gasteiger partial charge in [-0.25, -0.2) is 0 Å². The molecule has 1 aliphatic heterocycles. The Bertz CT molecular complexity index is 151. The Balaban J connectivity index is 2.60. The second kappa shape index (κ2) is 3.70. The number of nitrogens with zero attached hydrogens (tertiary/aromatic N) is 1. The molecule has 2 N–H and O–H groups in total. The maximum absolute atomic E-state index is 9.51. The summed E-state index contributed by atoms with van der Waals surface area (Å²) in [5, 5.41) is 18.8. The highest BCUT2D eigenvalue weighted by Gasteiger charge is 2.35. The molecule has 0 aromatic carbocycles. The van der Waals surface area contributed by atoms with Gasteiger partial charge in [0.15, 0.2) is 6.29 Å². The van der Waals surface area contributed by atoms with Crippen molar-refractivity contribution in [2.45, 2.75) is 37.9 Å². The van der Waals surface area contributed by atoms with Crippen LogP contribution in [0.4, 0.5) is 0 Å². The van der Waals surface area contributed by atoms with Gasteiger partial charge in [0.2, 0.25) is 0 Å². The maximum atomic E-state index is 9.51. The highest BCUT2D eigenvalue weighted by atomic mass is 16.6. The largest absolute Gasteiger partial charge is 0.386 e. The number of rotatable bonds is 1. The fourth-order valence-corrected chi connectivity index (χ4v) is 1.56. The van der Waals surface area contributed by atoms with Crippen LogP contribution in [0.1, 0.15) is 13.3 Å². The van der Waals surface area contributed by atoms with Crippen molar-refractivity contribution in [2.24, 2.45) is 0 Å². The molecule has 0 unspecified atom stereocenters. The Kier molecular flexibility index (Phi) is 3.06. The Morgan fingerprint density at radius 3 is 2.42 bits per heavy atom. The molecular weight excluding hydrogens is 158 g/mol. The van der Waals surface area contributed by atoms with Crippen LogP contribution in [0, 0.1) is 0 Å². The van der Waals surface area contributed by atoms with Crippen LogP contribution in [-0.4, -0.2) is 53.7 Å². The summed E-state index contributed by atoms with van der Waals surface area (Å²) in [6.07, 6.45) is -1.07.